The van der Waals surface area contributed by atoms with Crippen LogP contribution in [0.3, 0.4) is 0 Å². The lowest BCUT2D eigenvalue weighted by Gasteiger charge is -2.11. The van der Waals surface area contributed by atoms with Gasteiger partial charge in [0.25, 0.3) is 0 Å². The molecular weight excluding hydrogens is 316 g/mol. The van der Waals surface area contributed by atoms with Crippen LogP contribution in [0.5, 0.6) is 11.5 Å². The minimum Gasteiger partial charge on any atom is -0.494 e. The van der Waals surface area contributed by atoms with Crippen molar-refractivity contribution in [3.05, 3.63) is 24.3 Å². The Morgan fingerprint density at radius 3 is 2.00 bits per heavy atom. The molecule has 1 aromatic rings. The average Bonchev–Trinajstić information content (AvgIpc) is 2.64. The van der Waals surface area contributed by atoms with E-state index in [1.807, 2.05) is 38.1 Å². The van der Waals surface area contributed by atoms with Crippen molar-refractivity contribution in [3.8, 4) is 11.5 Å². The van der Waals surface area contributed by atoms with Gasteiger partial charge in [-0.2, -0.15) is 0 Å². The molecule has 0 bridgehead atoms. The molecule has 0 aliphatic heterocycles. The summed E-state index contributed by atoms with van der Waals surface area (Å²) in [6.45, 7) is 7.47. The number of benzene rings is 1. The van der Waals surface area contributed by atoms with Crippen LogP contribution in [0.25, 0.3) is 0 Å². The van der Waals surface area contributed by atoms with E-state index in [1.165, 1.54) is 32.1 Å². The van der Waals surface area contributed by atoms with Gasteiger partial charge in [-0.25, -0.2) is 0 Å². The quantitative estimate of drug-likeness (QED) is 0.333. The van der Waals surface area contributed by atoms with Crippen molar-refractivity contribution in [2.45, 2.75) is 65.7 Å². The van der Waals surface area contributed by atoms with Gasteiger partial charge in [0.2, 0.25) is 0 Å². The number of esters is 1. The van der Waals surface area contributed by atoms with E-state index < -0.39 is 0 Å². The lowest BCUT2D eigenvalue weighted by molar-refractivity contribution is -0.148. The molecule has 0 spiro atoms. The summed E-state index contributed by atoms with van der Waals surface area (Å²) in [5.41, 5.74) is 0. The van der Waals surface area contributed by atoms with Crippen molar-refractivity contribution in [1.82, 2.24) is 0 Å². The molecule has 0 N–H and O–H groups in total. The number of hydrogen-bond acceptors (Lipinski definition) is 4. The lowest BCUT2D eigenvalue weighted by Crippen LogP contribution is -2.17. The van der Waals surface area contributed by atoms with Crippen molar-refractivity contribution >= 4 is 5.97 Å². The smallest absolute Gasteiger partial charge is 0.308 e. The zero-order valence-corrected chi connectivity index (χ0v) is 16.1. The summed E-state index contributed by atoms with van der Waals surface area (Å²) in [6.07, 6.45) is 8.37. The first-order chi connectivity index (χ1) is 12.2. The van der Waals surface area contributed by atoms with E-state index in [1.54, 1.807) is 0 Å². The maximum Gasteiger partial charge on any atom is 0.308 e. The van der Waals surface area contributed by atoms with E-state index in [4.69, 9.17) is 14.2 Å². The fourth-order valence-electron chi connectivity index (χ4n) is 2.32. The van der Waals surface area contributed by atoms with E-state index in [2.05, 4.69) is 6.92 Å². The van der Waals surface area contributed by atoms with Gasteiger partial charge in [0.15, 0.2) is 0 Å². The first kappa shape index (κ1) is 21.3. The van der Waals surface area contributed by atoms with Crippen molar-refractivity contribution in [3.63, 3.8) is 0 Å². The Labute approximate surface area is 152 Å². The normalized spacial score (nSPS) is 11.8. The van der Waals surface area contributed by atoms with Gasteiger partial charge >= 0.3 is 5.97 Å². The van der Waals surface area contributed by atoms with Crippen LogP contribution in [0.15, 0.2) is 24.3 Å². The Kier molecular flexibility index (Phi) is 11.6. The average molecular weight is 350 g/mol. The largest absolute Gasteiger partial charge is 0.494 e. The molecule has 0 radical (unpaired) electrons. The van der Waals surface area contributed by atoms with Gasteiger partial charge in [0.1, 0.15) is 24.7 Å². The molecule has 0 saturated heterocycles. The molecule has 1 unspecified atom stereocenters. The van der Waals surface area contributed by atoms with Crippen LogP contribution >= 0.6 is 0 Å². The summed E-state index contributed by atoms with van der Waals surface area (Å²) in [4.78, 5) is 11.5. The van der Waals surface area contributed by atoms with Crippen molar-refractivity contribution < 1.29 is 19.0 Å². The summed E-state index contributed by atoms with van der Waals surface area (Å²) in [7, 11) is 0. The monoisotopic (exact) mass is 350 g/mol. The zero-order chi connectivity index (χ0) is 18.3. The standard InChI is InChI=1S/C21H34O4/c1-4-6-7-8-9-10-15-23-19-11-13-20(14-12-19)24-16-17-25-21(22)18(3)5-2/h11-14,18H,4-10,15-17H2,1-3H3. The maximum atomic E-state index is 11.5. The molecule has 0 amide bonds. The minimum atomic E-state index is -0.162. The van der Waals surface area contributed by atoms with E-state index >= 15 is 0 Å². The lowest BCUT2D eigenvalue weighted by atomic mass is 10.1. The Balaban J connectivity index is 2.12. The summed E-state index contributed by atoms with van der Waals surface area (Å²) in [5.74, 6) is 1.41. The third kappa shape index (κ3) is 10.0. The highest BCUT2D eigenvalue weighted by atomic mass is 16.6. The predicted octanol–water partition coefficient (Wildman–Crippen LogP) is 5.39. The fourth-order valence-corrected chi connectivity index (χ4v) is 2.32. The molecule has 0 aliphatic rings. The number of rotatable bonds is 14. The van der Waals surface area contributed by atoms with Crippen molar-refractivity contribution in [2.24, 2.45) is 5.92 Å². The summed E-state index contributed by atoms with van der Waals surface area (Å²) in [5, 5.41) is 0. The highest BCUT2D eigenvalue weighted by molar-refractivity contribution is 5.71. The molecule has 4 nitrogen and oxygen atoms in total. The predicted molar refractivity (Wildman–Crippen MR) is 101 cm³/mol. The first-order valence-corrected chi connectivity index (χ1v) is 9.69. The van der Waals surface area contributed by atoms with Crippen LogP contribution in [0, 0.1) is 5.92 Å². The fraction of sp³-hybridized carbons (Fsp3) is 0.667. The third-order valence-corrected chi connectivity index (χ3v) is 4.20. The van der Waals surface area contributed by atoms with Crippen molar-refractivity contribution in [2.75, 3.05) is 19.8 Å². The minimum absolute atomic E-state index is 0.0527. The molecule has 1 aromatic carbocycles. The molecule has 0 aromatic heterocycles. The summed E-state index contributed by atoms with van der Waals surface area (Å²) < 4.78 is 16.5. The Morgan fingerprint density at radius 1 is 0.840 bits per heavy atom. The zero-order valence-electron chi connectivity index (χ0n) is 16.1. The maximum absolute atomic E-state index is 11.5. The third-order valence-electron chi connectivity index (χ3n) is 4.20. The molecule has 142 valence electrons. The van der Waals surface area contributed by atoms with Crippen LogP contribution in [-0.4, -0.2) is 25.8 Å². The van der Waals surface area contributed by atoms with Gasteiger partial charge in [-0.3, -0.25) is 4.79 Å². The highest BCUT2D eigenvalue weighted by Gasteiger charge is 2.11. The van der Waals surface area contributed by atoms with Gasteiger partial charge < -0.3 is 14.2 Å². The van der Waals surface area contributed by atoms with Gasteiger partial charge in [-0.05, 0) is 37.1 Å². The molecule has 1 atom stereocenters. The van der Waals surface area contributed by atoms with Crippen LogP contribution in [0.1, 0.15) is 65.7 Å². The van der Waals surface area contributed by atoms with E-state index in [0.717, 1.165) is 30.9 Å². The second kappa shape index (κ2) is 13.6. The Bertz CT molecular complexity index is 455. The highest BCUT2D eigenvalue weighted by Crippen LogP contribution is 2.18. The van der Waals surface area contributed by atoms with Gasteiger partial charge in [-0.1, -0.05) is 52.9 Å². The van der Waals surface area contributed by atoms with Crippen LogP contribution < -0.4 is 9.47 Å². The molecule has 1 rings (SSSR count). The second-order valence-corrected chi connectivity index (χ2v) is 6.41. The molecule has 0 aliphatic carbocycles. The number of unbranched alkanes of at least 4 members (excludes halogenated alkanes) is 5. The summed E-state index contributed by atoms with van der Waals surface area (Å²) in [6, 6.07) is 7.59. The van der Waals surface area contributed by atoms with E-state index in [0.29, 0.717) is 6.61 Å². The number of carbonyl (C=O) groups is 1. The Morgan fingerprint density at radius 2 is 1.40 bits per heavy atom. The van der Waals surface area contributed by atoms with Crippen molar-refractivity contribution in [1.29, 1.82) is 0 Å². The summed E-state index contributed by atoms with van der Waals surface area (Å²) >= 11 is 0. The molecular formula is C21H34O4. The SMILES string of the molecule is CCCCCCCCOc1ccc(OCCOC(=O)C(C)CC)cc1. The van der Waals surface area contributed by atoms with Gasteiger partial charge in [0, 0.05) is 0 Å². The molecule has 4 heteroatoms. The van der Waals surface area contributed by atoms with Gasteiger partial charge in [0.05, 0.1) is 12.5 Å². The molecule has 0 heterocycles. The van der Waals surface area contributed by atoms with Crippen LogP contribution in [0.4, 0.5) is 0 Å². The van der Waals surface area contributed by atoms with Gasteiger partial charge in [-0.15, -0.1) is 0 Å². The number of ether oxygens (including phenoxy) is 3. The van der Waals surface area contributed by atoms with Crippen LogP contribution in [0.2, 0.25) is 0 Å². The first-order valence-electron chi connectivity index (χ1n) is 9.69. The van der Waals surface area contributed by atoms with E-state index in [-0.39, 0.29) is 18.5 Å². The topological polar surface area (TPSA) is 44.8 Å². The van der Waals surface area contributed by atoms with Crippen LogP contribution in [-0.2, 0) is 9.53 Å². The second-order valence-electron chi connectivity index (χ2n) is 6.41. The Hall–Kier alpha value is -1.71. The van der Waals surface area contributed by atoms with E-state index in [9.17, 15) is 4.79 Å². The molecule has 25 heavy (non-hydrogen) atoms. The number of carbonyl (C=O) groups excluding carboxylic acids is 1. The molecule has 0 fully saturated rings. The number of hydrogen-bond donors (Lipinski definition) is 0. The molecule has 0 saturated carbocycles.